The predicted molar refractivity (Wildman–Crippen MR) is 141 cm³/mol. The Hall–Kier alpha value is -3.72. The molecular weight excluding hydrogens is 488 g/mol. The lowest BCUT2D eigenvalue weighted by Crippen LogP contribution is -2.33. The smallest absolute Gasteiger partial charge is 0.356 e. The van der Waals surface area contributed by atoms with Gasteiger partial charge in [0.15, 0.2) is 16.0 Å². The van der Waals surface area contributed by atoms with Gasteiger partial charge in [-0.3, -0.25) is 4.79 Å². The number of ether oxygens (including phenoxy) is 1. The molecule has 1 unspecified atom stereocenters. The summed E-state index contributed by atoms with van der Waals surface area (Å²) in [5.74, 6) is -0.128. The number of aromatic nitrogens is 3. The van der Waals surface area contributed by atoms with Crippen LogP contribution in [0.5, 0.6) is 0 Å². The average molecular weight is 517 g/mol. The topological polar surface area (TPSA) is 113 Å². The van der Waals surface area contributed by atoms with Gasteiger partial charge >= 0.3 is 5.97 Å². The Morgan fingerprint density at radius 2 is 2.08 bits per heavy atom. The molecule has 0 radical (unpaired) electrons. The van der Waals surface area contributed by atoms with Gasteiger partial charge in [0, 0.05) is 29.5 Å². The van der Waals surface area contributed by atoms with Crippen LogP contribution in [0.15, 0.2) is 62.5 Å². The van der Waals surface area contributed by atoms with E-state index in [4.69, 9.17) is 9.15 Å². The zero-order valence-corrected chi connectivity index (χ0v) is 22.0. The summed E-state index contributed by atoms with van der Waals surface area (Å²) in [5.41, 5.74) is 6.17. The fourth-order valence-electron chi connectivity index (χ4n) is 5.34. The molecule has 0 amide bonds. The van der Waals surface area contributed by atoms with Crippen LogP contribution >= 0.6 is 11.8 Å². The highest BCUT2D eigenvalue weighted by molar-refractivity contribution is 7.99. The van der Waals surface area contributed by atoms with Crippen molar-refractivity contribution in [2.45, 2.75) is 56.7 Å². The molecule has 1 aliphatic heterocycles. The molecule has 37 heavy (non-hydrogen) atoms. The number of fused-ring (bicyclic) bond motifs is 2. The number of aryl methyl sites for hydroxylation is 1. The van der Waals surface area contributed by atoms with Crippen LogP contribution in [-0.2, 0) is 9.53 Å². The Labute approximate surface area is 218 Å². The Kier molecular flexibility index (Phi) is 5.56. The van der Waals surface area contributed by atoms with Crippen molar-refractivity contribution in [1.82, 2.24) is 15.0 Å². The van der Waals surface area contributed by atoms with E-state index in [1.165, 1.54) is 11.8 Å². The number of anilines is 1. The van der Waals surface area contributed by atoms with Gasteiger partial charge in [0.2, 0.25) is 0 Å². The summed E-state index contributed by atoms with van der Waals surface area (Å²) in [4.78, 5) is 37.2. The SMILES string of the molecule is CCOC(=O)c1[nH]cc2c1NC1=C(C(=O)CC(C)(C)C1)C2c1ccc(Sc2nc3ccc(C)cc3[nH]2)o1. The maximum atomic E-state index is 13.4. The number of H-pyrrole nitrogens is 2. The molecule has 3 aromatic heterocycles. The van der Waals surface area contributed by atoms with Crippen molar-refractivity contribution in [2.24, 2.45) is 5.41 Å². The van der Waals surface area contributed by atoms with Gasteiger partial charge < -0.3 is 24.4 Å². The average Bonchev–Trinajstić information content (AvgIpc) is 3.55. The molecule has 0 saturated heterocycles. The van der Waals surface area contributed by atoms with E-state index in [0.717, 1.165) is 33.0 Å². The number of carbonyl (C=O) groups excluding carboxylic acids is 2. The molecule has 0 saturated carbocycles. The monoisotopic (exact) mass is 516 g/mol. The minimum atomic E-state index is -0.434. The third-order valence-electron chi connectivity index (χ3n) is 6.89. The molecule has 0 spiro atoms. The van der Waals surface area contributed by atoms with Crippen LogP contribution in [0, 0.1) is 12.3 Å². The number of benzene rings is 1. The number of esters is 1. The second-order valence-electron chi connectivity index (χ2n) is 10.4. The summed E-state index contributed by atoms with van der Waals surface area (Å²) in [6.07, 6.45) is 2.92. The lowest BCUT2D eigenvalue weighted by atomic mass is 9.70. The third-order valence-corrected chi connectivity index (χ3v) is 7.69. The molecule has 1 atom stereocenters. The van der Waals surface area contributed by atoms with E-state index in [1.54, 1.807) is 13.1 Å². The summed E-state index contributed by atoms with van der Waals surface area (Å²) < 4.78 is 11.6. The molecule has 190 valence electrons. The normalized spacial score (nSPS) is 18.5. The second kappa shape index (κ2) is 8.69. The number of hydrogen-bond donors (Lipinski definition) is 3. The highest BCUT2D eigenvalue weighted by atomic mass is 32.2. The summed E-state index contributed by atoms with van der Waals surface area (Å²) in [6, 6.07) is 9.90. The quantitative estimate of drug-likeness (QED) is 0.266. The predicted octanol–water partition coefficient (Wildman–Crippen LogP) is 6.32. The molecule has 1 aromatic carbocycles. The molecule has 4 heterocycles. The largest absolute Gasteiger partial charge is 0.461 e. The summed E-state index contributed by atoms with van der Waals surface area (Å²) in [5, 5.41) is 4.80. The van der Waals surface area contributed by atoms with Gasteiger partial charge in [0.25, 0.3) is 0 Å². The van der Waals surface area contributed by atoms with E-state index in [2.05, 4.69) is 40.2 Å². The number of Topliss-reactive ketones (excluding diaryl/α,β-unsaturated/α-hetero) is 1. The van der Waals surface area contributed by atoms with Crippen molar-refractivity contribution in [3.05, 3.63) is 70.4 Å². The van der Waals surface area contributed by atoms with Crippen molar-refractivity contribution in [3.8, 4) is 0 Å². The Balaban J connectivity index is 1.39. The molecule has 2 aliphatic rings. The first-order valence-electron chi connectivity index (χ1n) is 12.4. The maximum absolute atomic E-state index is 13.4. The summed E-state index contributed by atoms with van der Waals surface area (Å²) in [6.45, 7) is 8.26. The zero-order valence-electron chi connectivity index (χ0n) is 21.2. The molecule has 1 aliphatic carbocycles. The molecule has 0 bridgehead atoms. The molecule has 8 nitrogen and oxygen atoms in total. The second-order valence-corrected chi connectivity index (χ2v) is 11.4. The van der Waals surface area contributed by atoms with E-state index in [0.29, 0.717) is 40.6 Å². The number of nitrogens with zero attached hydrogens (tertiary/aromatic N) is 1. The number of rotatable bonds is 5. The highest BCUT2D eigenvalue weighted by Crippen LogP contribution is 2.50. The fourth-order valence-corrected chi connectivity index (χ4v) is 6.11. The lowest BCUT2D eigenvalue weighted by molar-refractivity contribution is -0.118. The number of imidazole rings is 1. The first-order valence-corrected chi connectivity index (χ1v) is 13.2. The summed E-state index contributed by atoms with van der Waals surface area (Å²) in [7, 11) is 0. The number of aromatic amines is 2. The molecule has 0 fully saturated rings. The zero-order chi connectivity index (χ0) is 25.9. The van der Waals surface area contributed by atoms with Crippen LogP contribution < -0.4 is 5.32 Å². The Morgan fingerprint density at radius 3 is 2.89 bits per heavy atom. The van der Waals surface area contributed by atoms with E-state index in [9.17, 15) is 9.59 Å². The summed E-state index contributed by atoms with van der Waals surface area (Å²) >= 11 is 1.40. The molecular formula is C28H28N4O4S. The number of ketones is 1. The Bertz CT molecular complexity index is 1590. The Morgan fingerprint density at radius 1 is 1.24 bits per heavy atom. The number of furan rings is 1. The third kappa shape index (κ3) is 4.17. The highest BCUT2D eigenvalue weighted by Gasteiger charge is 2.43. The first-order chi connectivity index (χ1) is 17.7. The van der Waals surface area contributed by atoms with E-state index < -0.39 is 11.9 Å². The standard InChI is InChI=1S/C28H28N4O4S/c1-5-35-26(34)25-24-15(13-29-25)22(23-18(30-24)11-28(3,4)12-19(23)33)20-8-9-21(36-20)37-27-31-16-7-6-14(2)10-17(16)32-27/h6-10,13,22,29-30H,5,11-12H2,1-4H3,(H,31,32). The van der Waals surface area contributed by atoms with Gasteiger partial charge in [-0.25, -0.2) is 9.78 Å². The van der Waals surface area contributed by atoms with Crippen molar-refractivity contribution in [1.29, 1.82) is 0 Å². The van der Waals surface area contributed by atoms with E-state index in [-0.39, 0.29) is 17.8 Å². The maximum Gasteiger partial charge on any atom is 0.356 e. The molecule has 3 N–H and O–H groups in total. The van der Waals surface area contributed by atoms with Gasteiger partial charge in [-0.2, -0.15) is 0 Å². The number of hydrogen-bond acceptors (Lipinski definition) is 7. The molecule has 9 heteroatoms. The van der Waals surface area contributed by atoms with Crippen LogP contribution in [-0.4, -0.2) is 33.3 Å². The van der Waals surface area contributed by atoms with Crippen molar-refractivity contribution in [2.75, 3.05) is 11.9 Å². The van der Waals surface area contributed by atoms with Crippen LogP contribution in [0.3, 0.4) is 0 Å². The van der Waals surface area contributed by atoms with Crippen LogP contribution in [0.2, 0.25) is 0 Å². The van der Waals surface area contributed by atoms with Gasteiger partial charge in [-0.1, -0.05) is 19.9 Å². The minimum absolute atomic E-state index is 0.0894. The fraction of sp³-hybridized carbons (Fsp3) is 0.321. The lowest BCUT2D eigenvalue weighted by Gasteiger charge is -2.38. The van der Waals surface area contributed by atoms with Gasteiger partial charge in [0.1, 0.15) is 11.5 Å². The van der Waals surface area contributed by atoms with Crippen molar-refractivity contribution >= 4 is 40.2 Å². The number of allylic oxidation sites excluding steroid dienone is 2. The van der Waals surface area contributed by atoms with Crippen LogP contribution in [0.25, 0.3) is 11.0 Å². The first kappa shape index (κ1) is 23.7. The van der Waals surface area contributed by atoms with Crippen molar-refractivity contribution in [3.63, 3.8) is 0 Å². The van der Waals surface area contributed by atoms with Gasteiger partial charge in [0.05, 0.1) is 29.2 Å². The van der Waals surface area contributed by atoms with Crippen LogP contribution in [0.4, 0.5) is 5.69 Å². The number of nitrogens with one attached hydrogen (secondary N) is 3. The van der Waals surface area contributed by atoms with Gasteiger partial charge in [-0.05, 0) is 67.3 Å². The molecule has 6 rings (SSSR count). The molecule has 4 aromatic rings. The van der Waals surface area contributed by atoms with Crippen molar-refractivity contribution < 1.29 is 18.7 Å². The number of carbonyl (C=O) groups is 2. The van der Waals surface area contributed by atoms with E-state index in [1.807, 2.05) is 31.2 Å². The van der Waals surface area contributed by atoms with E-state index >= 15 is 0 Å². The van der Waals surface area contributed by atoms with Crippen LogP contribution in [0.1, 0.15) is 66.9 Å². The minimum Gasteiger partial charge on any atom is -0.461 e. The van der Waals surface area contributed by atoms with Gasteiger partial charge in [-0.15, -0.1) is 0 Å².